The molecule has 7 heteroatoms. The van der Waals surface area contributed by atoms with E-state index in [1.807, 2.05) is 11.9 Å². The molecular formula is C11H17N5O2. The Hall–Kier alpha value is -2.02. The summed E-state index contributed by atoms with van der Waals surface area (Å²) >= 11 is 0. The van der Waals surface area contributed by atoms with Crippen molar-refractivity contribution >= 4 is 11.8 Å². The van der Waals surface area contributed by atoms with Gasteiger partial charge in [-0.2, -0.15) is 0 Å². The first-order valence-corrected chi connectivity index (χ1v) is 5.49. The zero-order chi connectivity index (χ0) is 13.5. The summed E-state index contributed by atoms with van der Waals surface area (Å²) in [4.78, 5) is 32.0. The average Bonchev–Trinajstić information content (AvgIpc) is 2.28. The van der Waals surface area contributed by atoms with Gasteiger partial charge in [0.05, 0.1) is 5.69 Å². The smallest absolute Gasteiger partial charge is 0.241 e. The summed E-state index contributed by atoms with van der Waals surface area (Å²) in [7, 11) is 1.81. The lowest BCUT2D eigenvalue weighted by molar-refractivity contribution is -0.126. The Morgan fingerprint density at radius 3 is 2.72 bits per heavy atom. The Balaban J connectivity index is 2.53. The van der Waals surface area contributed by atoms with Crippen molar-refractivity contribution in [3.63, 3.8) is 0 Å². The highest BCUT2D eigenvalue weighted by atomic mass is 16.2. The first kappa shape index (κ1) is 14.0. The lowest BCUT2D eigenvalue weighted by Gasteiger charge is -2.21. The molecule has 1 aromatic heterocycles. The van der Waals surface area contributed by atoms with Crippen LogP contribution in [0.2, 0.25) is 0 Å². The van der Waals surface area contributed by atoms with E-state index in [-0.39, 0.29) is 5.91 Å². The minimum Gasteiger partial charge on any atom is -0.368 e. The third-order valence-corrected chi connectivity index (χ3v) is 2.26. The minimum atomic E-state index is -0.704. The second-order valence-electron chi connectivity index (χ2n) is 4.05. The van der Waals surface area contributed by atoms with Crippen molar-refractivity contribution < 1.29 is 9.59 Å². The number of carbonyl (C=O) groups excluding carboxylic acids is 2. The van der Waals surface area contributed by atoms with E-state index in [2.05, 4.69) is 15.3 Å². The number of carbonyl (C=O) groups is 2. The Morgan fingerprint density at radius 2 is 2.22 bits per heavy atom. The van der Waals surface area contributed by atoms with Gasteiger partial charge >= 0.3 is 0 Å². The molecule has 2 amide bonds. The second-order valence-corrected chi connectivity index (χ2v) is 4.05. The van der Waals surface area contributed by atoms with Crippen molar-refractivity contribution in [2.75, 3.05) is 13.6 Å². The Bertz CT molecular complexity index is 409. The summed E-state index contributed by atoms with van der Waals surface area (Å²) in [5, 5.41) is 2.50. The molecule has 3 N–H and O–H groups in total. The standard InChI is InChI=1S/C11H17N5O2/c1-8(17)15-10(11(12)18)7-16(2)6-9-5-13-3-4-14-9/h3-5,10H,6-7H2,1-2H3,(H2,12,18)(H,15,17). The van der Waals surface area contributed by atoms with E-state index in [4.69, 9.17) is 5.73 Å². The molecule has 1 rings (SSSR count). The van der Waals surface area contributed by atoms with E-state index >= 15 is 0 Å². The largest absolute Gasteiger partial charge is 0.368 e. The van der Waals surface area contributed by atoms with Crippen molar-refractivity contribution in [1.82, 2.24) is 20.2 Å². The molecule has 0 aliphatic heterocycles. The first-order valence-electron chi connectivity index (χ1n) is 5.49. The van der Waals surface area contributed by atoms with Crippen LogP contribution in [0, 0.1) is 0 Å². The third kappa shape index (κ3) is 4.88. The van der Waals surface area contributed by atoms with E-state index in [0.717, 1.165) is 5.69 Å². The van der Waals surface area contributed by atoms with Crippen LogP contribution in [0.1, 0.15) is 12.6 Å². The number of rotatable bonds is 6. The topological polar surface area (TPSA) is 101 Å². The van der Waals surface area contributed by atoms with Crippen LogP contribution >= 0.6 is 0 Å². The summed E-state index contributed by atoms with van der Waals surface area (Å²) in [6.45, 7) is 2.20. The summed E-state index contributed by atoms with van der Waals surface area (Å²) in [5.74, 6) is -0.845. The van der Waals surface area contributed by atoms with Gasteiger partial charge in [-0.3, -0.25) is 24.5 Å². The second kappa shape index (κ2) is 6.65. The number of nitrogens with zero attached hydrogens (tertiary/aromatic N) is 3. The number of hydrogen-bond donors (Lipinski definition) is 2. The van der Waals surface area contributed by atoms with E-state index < -0.39 is 11.9 Å². The van der Waals surface area contributed by atoms with Crippen LogP contribution in [0.4, 0.5) is 0 Å². The molecule has 0 bridgehead atoms. The first-order chi connectivity index (χ1) is 8.49. The van der Waals surface area contributed by atoms with Gasteiger partial charge in [0.25, 0.3) is 0 Å². The number of nitrogens with two attached hydrogens (primary N) is 1. The van der Waals surface area contributed by atoms with Crippen LogP contribution in [-0.2, 0) is 16.1 Å². The predicted octanol–water partition coefficient (Wildman–Crippen LogP) is -1.10. The van der Waals surface area contributed by atoms with Gasteiger partial charge in [0.2, 0.25) is 11.8 Å². The molecule has 1 heterocycles. The molecule has 0 aliphatic carbocycles. The number of hydrogen-bond acceptors (Lipinski definition) is 5. The normalized spacial score (nSPS) is 12.2. The molecule has 7 nitrogen and oxygen atoms in total. The molecule has 0 spiro atoms. The third-order valence-electron chi connectivity index (χ3n) is 2.26. The molecule has 98 valence electrons. The van der Waals surface area contributed by atoms with Gasteiger partial charge < -0.3 is 11.1 Å². The van der Waals surface area contributed by atoms with Crippen LogP contribution in [0.3, 0.4) is 0 Å². The SMILES string of the molecule is CC(=O)NC(CN(C)Cc1cnccn1)C(N)=O. The van der Waals surface area contributed by atoms with Crippen molar-refractivity contribution in [3.8, 4) is 0 Å². The molecular weight excluding hydrogens is 234 g/mol. The number of likely N-dealkylation sites (N-methyl/N-ethyl adjacent to an activating group) is 1. The Labute approximate surface area is 105 Å². The number of amides is 2. The quantitative estimate of drug-likeness (QED) is 0.668. The van der Waals surface area contributed by atoms with Gasteiger partial charge in [0.1, 0.15) is 6.04 Å². The molecule has 0 aliphatic rings. The molecule has 1 atom stereocenters. The molecule has 0 fully saturated rings. The molecule has 0 aromatic carbocycles. The summed E-state index contributed by atoms with van der Waals surface area (Å²) in [6, 6.07) is -0.704. The number of aromatic nitrogens is 2. The monoisotopic (exact) mass is 251 g/mol. The Kier molecular flexibility index (Phi) is 5.19. The Morgan fingerprint density at radius 1 is 1.50 bits per heavy atom. The van der Waals surface area contributed by atoms with E-state index in [9.17, 15) is 9.59 Å². The lowest BCUT2D eigenvalue weighted by atomic mass is 10.2. The van der Waals surface area contributed by atoms with Crippen molar-refractivity contribution in [3.05, 3.63) is 24.3 Å². The fourth-order valence-corrected chi connectivity index (χ4v) is 1.52. The van der Waals surface area contributed by atoms with Crippen molar-refractivity contribution in [2.24, 2.45) is 5.73 Å². The fourth-order valence-electron chi connectivity index (χ4n) is 1.52. The fraction of sp³-hybridized carbons (Fsp3) is 0.455. The summed E-state index contributed by atoms with van der Waals surface area (Å²) in [6.07, 6.45) is 4.84. The summed E-state index contributed by atoms with van der Waals surface area (Å²) in [5.41, 5.74) is 6.00. The highest BCUT2D eigenvalue weighted by molar-refractivity contribution is 5.85. The maximum atomic E-state index is 11.2. The maximum absolute atomic E-state index is 11.2. The lowest BCUT2D eigenvalue weighted by Crippen LogP contribution is -2.49. The van der Waals surface area contributed by atoms with Gasteiger partial charge in [0, 0.05) is 38.6 Å². The van der Waals surface area contributed by atoms with Gasteiger partial charge in [-0.15, -0.1) is 0 Å². The van der Waals surface area contributed by atoms with E-state index in [1.165, 1.54) is 6.92 Å². The van der Waals surface area contributed by atoms with Gasteiger partial charge in [0.15, 0.2) is 0 Å². The van der Waals surface area contributed by atoms with Gasteiger partial charge in [-0.25, -0.2) is 0 Å². The minimum absolute atomic E-state index is 0.285. The molecule has 0 saturated carbocycles. The number of nitrogens with one attached hydrogen (secondary N) is 1. The zero-order valence-electron chi connectivity index (χ0n) is 10.5. The molecule has 0 saturated heterocycles. The maximum Gasteiger partial charge on any atom is 0.241 e. The highest BCUT2D eigenvalue weighted by Gasteiger charge is 2.18. The van der Waals surface area contributed by atoms with Crippen LogP contribution in [0.25, 0.3) is 0 Å². The van der Waals surface area contributed by atoms with Crippen LogP contribution < -0.4 is 11.1 Å². The molecule has 1 unspecified atom stereocenters. The van der Waals surface area contributed by atoms with Crippen LogP contribution in [0.5, 0.6) is 0 Å². The molecule has 0 radical (unpaired) electrons. The van der Waals surface area contributed by atoms with Crippen molar-refractivity contribution in [2.45, 2.75) is 19.5 Å². The predicted molar refractivity (Wildman–Crippen MR) is 65.2 cm³/mol. The van der Waals surface area contributed by atoms with E-state index in [1.54, 1.807) is 18.6 Å². The van der Waals surface area contributed by atoms with Crippen LogP contribution in [-0.4, -0.2) is 46.3 Å². The highest BCUT2D eigenvalue weighted by Crippen LogP contribution is 1.98. The van der Waals surface area contributed by atoms with Gasteiger partial charge in [-0.1, -0.05) is 0 Å². The van der Waals surface area contributed by atoms with E-state index in [0.29, 0.717) is 13.1 Å². The van der Waals surface area contributed by atoms with Crippen LogP contribution in [0.15, 0.2) is 18.6 Å². The van der Waals surface area contributed by atoms with Gasteiger partial charge in [-0.05, 0) is 7.05 Å². The van der Waals surface area contributed by atoms with Crippen molar-refractivity contribution in [1.29, 1.82) is 0 Å². The average molecular weight is 251 g/mol. The summed E-state index contributed by atoms with van der Waals surface area (Å²) < 4.78 is 0. The molecule has 1 aromatic rings. The number of primary amides is 1. The molecule has 18 heavy (non-hydrogen) atoms. The zero-order valence-corrected chi connectivity index (χ0v) is 10.5.